The van der Waals surface area contributed by atoms with E-state index in [9.17, 15) is 4.79 Å². The van der Waals surface area contributed by atoms with E-state index in [1.54, 1.807) is 32.4 Å². The maximum atomic E-state index is 12.4. The number of hydrogen-bond donors (Lipinski definition) is 1. The van der Waals surface area contributed by atoms with Crippen LogP contribution in [0.25, 0.3) is 6.08 Å². The van der Waals surface area contributed by atoms with Gasteiger partial charge < -0.3 is 20.1 Å². The van der Waals surface area contributed by atoms with E-state index < -0.39 is 0 Å². The van der Waals surface area contributed by atoms with Crippen LogP contribution in [0.5, 0.6) is 11.5 Å². The van der Waals surface area contributed by atoms with E-state index in [-0.39, 0.29) is 11.9 Å². The summed E-state index contributed by atoms with van der Waals surface area (Å²) < 4.78 is 10.5. The zero-order chi connectivity index (χ0) is 15.9. The molecule has 0 aromatic heterocycles. The SMILES string of the molecule is COc1cc(/C=C/C(=O)N2CCCCC2CN)cc(OC)c1. The summed E-state index contributed by atoms with van der Waals surface area (Å²) in [6, 6.07) is 5.69. The van der Waals surface area contributed by atoms with Crippen molar-refractivity contribution in [1.82, 2.24) is 4.90 Å². The van der Waals surface area contributed by atoms with Gasteiger partial charge in [0.2, 0.25) is 5.91 Å². The topological polar surface area (TPSA) is 64.8 Å². The van der Waals surface area contributed by atoms with Crippen LogP contribution in [0.15, 0.2) is 24.3 Å². The predicted octanol–water partition coefficient (Wildman–Crippen LogP) is 2.06. The minimum absolute atomic E-state index is 0.0111. The van der Waals surface area contributed by atoms with Crippen molar-refractivity contribution in [2.75, 3.05) is 27.3 Å². The van der Waals surface area contributed by atoms with E-state index in [0.717, 1.165) is 31.4 Å². The van der Waals surface area contributed by atoms with E-state index in [1.807, 2.05) is 17.0 Å². The van der Waals surface area contributed by atoms with E-state index >= 15 is 0 Å². The van der Waals surface area contributed by atoms with Gasteiger partial charge in [-0.05, 0) is 43.0 Å². The fourth-order valence-electron chi connectivity index (χ4n) is 2.72. The Morgan fingerprint density at radius 3 is 2.55 bits per heavy atom. The van der Waals surface area contributed by atoms with Gasteiger partial charge in [0.25, 0.3) is 0 Å². The molecule has 1 unspecified atom stereocenters. The van der Waals surface area contributed by atoms with Gasteiger partial charge in [-0.25, -0.2) is 0 Å². The lowest BCUT2D eigenvalue weighted by atomic mass is 10.0. The van der Waals surface area contributed by atoms with Crippen LogP contribution in [0.3, 0.4) is 0 Å². The van der Waals surface area contributed by atoms with Gasteiger partial charge in [-0.2, -0.15) is 0 Å². The van der Waals surface area contributed by atoms with Gasteiger partial charge in [-0.1, -0.05) is 0 Å². The third-order valence-electron chi connectivity index (χ3n) is 3.97. The molecule has 2 rings (SSSR count). The van der Waals surface area contributed by atoms with Crippen LogP contribution in [0, 0.1) is 0 Å². The highest BCUT2D eigenvalue weighted by atomic mass is 16.5. The van der Waals surface area contributed by atoms with E-state index in [0.29, 0.717) is 18.0 Å². The molecule has 0 aliphatic carbocycles. The van der Waals surface area contributed by atoms with Crippen molar-refractivity contribution < 1.29 is 14.3 Å². The molecule has 1 heterocycles. The number of carbonyl (C=O) groups excluding carboxylic acids is 1. The number of amides is 1. The smallest absolute Gasteiger partial charge is 0.246 e. The van der Waals surface area contributed by atoms with Crippen molar-refractivity contribution in [1.29, 1.82) is 0 Å². The molecule has 1 fully saturated rings. The molecule has 2 N–H and O–H groups in total. The van der Waals surface area contributed by atoms with Crippen LogP contribution in [0.2, 0.25) is 0 Å². The predicted molar refractivity (Wildman–Crippen MR) is 87.0 cm³/mol. The van der Waals surface area contributed by atoms with Crippen molar-refractivity contribution in [3.05, 3.63) is 29.8 Å². The number of likely N-dealkylation sites (tertiary alicyclic amines) is 1. The average molecular weight is 304 g/mol. The van der Waals surface area contributed by atoms with Gasteiger partial charge in [0.15, 0.2) is 0 Å². The number of methoxy groups -OCH3 is 2. The van der Waals surface area contributed by atoms with Gasteiger partial charge in [0.1, 0.15) is 11.5 Å². The largest absolute Gasteiger partial charge is 0.497 e. The molecule has 1 aromatic rings. The fourth-order valence-corrected chi connectivity index (χ4v) is 2.72. The average Bonchev–Trinajstić information content (AvgIpc) is 2.59. The molecule has 5 nitrogen and oxygen atoms in total. The first-order valence-electron chi connectivity index (χ1n) is 7.59. The summed E-state index contributed by atoms with van der Waals surface area (Å²) in [4.78, 5) is 14.2. The molecule has 0 spiro atoms. The highest BCUT2D eigenvalue weighted by Crippen LogP contribution is 2.23. The lowest BCUT2D eigenvalue weighted by Crippen LogP contribution is -2.46. The zero-order valence-corrected chi connectivity index (χ0v) is 13.2. The second-order valence-electron chi connectivity index (χ2n) is 5.40. The Morgan fingerprint density at radius 2 is 1.95 bits per heavy atom. The van der Waals surface area contributed by atoms with E-state index in [2.05, 4.69) is 0 Å². The molecule has 1 atom stereocenters. The molecule has 5 heteroatoms. The molecular weight excluding hydrogens is 280 g/mol. The van der Waals surface area contributed by atoms with Gasteiger partial charge >= 0.3 is 0 Å². The Labute approximate surface area is 131 Å². The highest BCUT2D eigenvalue weighted by Gasteiger charge is 2.23. The van der Waals surface area contributed by atoms with Crippen molar-refractivity contribution in [3.8, 4) is 11.5 Å². The van der Waals surface area contributed by atoms with Crippen LogP contribution < -0.4 is 15.2 Å². The summed E-state index contributed by atoms with van der Waals surface area (Å²) in [7, 11) is 3.21. The fraction of sp³-hybridized carbons (Fsp3) is 0.471. The van der Waals surface area contributed by atoms with Crippen LogP contribution >= 0.6 is 0 Å². The number of rotatable bonds is 5. The number of carbonyl (C=O) groups is 1. The lowest BCUT2D eigenvalue weighted by Gasteiger charge is -2.34. The standard InChI is InChI=1S/C17H24N2O3/c1-21-15-9-13(10-16(11-15)22-2)6-7-17(20)19-8-4-3-5-14(19)12-18/h6-7,9-11,14H,3-5,8,12,18H2,1-2H3/b7-6+. The van der Waals surface area contributed by atoms with Gasteiger partial charge in [0.05, 0.1) is 14.2 Å². The van der Waals surface area contributed by atoms with Crippen molar-refractivity contribution in [2.24, 2.45) is 5.73 Å². The number of nitrogens with zero attached hydrogens (tertiary/aromatic N) is 1. The number of piperidine rings is 1. The Kier molecular flexibility index (Phi) is 5.83. The summed E-state index contributed by atoms with van der Waals surface area (Å²) in [5, 5.41) is 0. The van der Waals surface area contributed by atoms with E-state index in [1.165, 1.54) is 0 Å². The van der Waals surface area contributed by atoms with E-state index in [4.69, 9.17) is 15.2 Å². The first kappa shape index (κ1) is 16.4. The quantitative estimate of drug-likeness (QED) is 0.846. The molecule has 0 saturated carbocycles. The number of hydrogen-bond acceptors (Lipinski definition) is 4. The minimum atomic E-state index is 0.0111. The second kappa shape index (κ2) is 7.84. The number of nitrogens with two attached hydrogens (primary N) is 1. The minimum Gasteiger partial charge on any atom is -0.497 e. The maximum Gasteiger partial charge on any atom is 0.246 e. The Balaban J connectivity index is 2.11. The molecule has 1 aromatic carbocycles. The summed E-state index contributed by atoms with van der Waals surface area (Å²) in [5.41, 5.74) is 6.63. The molecule has 1 amide bonds. The summed E-state index contributed by atoms with van der Waals surface area (Å²) >= 11 is 0. The Bertz CT molecular complexity index is 520. The molecule has 1 saturated heterocycles. The molecule has 0 bridgehead atoms. The molecular formula is C17H24N2O3. The third-order valence-corrected chi connectivity index (χ3v) is 3.97. The summed E-state index contributed by atoms with van der Waals surface area (Å²) in [6.07, 6.45) is 6.56. The molecule has 0 radical (unpaired) electrons. The van der Waals surface area contributed by atoms with Crippen LogP contribution in [-0.2, 0) is 4.79 Å². The van der Waals surface area contributed by atoms with Gasteiger partial charge in [0, 0.05) is 31.3 Å². The molecule has 1 aliphatic rings. The second-order valence-corrected chi connectivity index (χ2v) is 5.40. The number of benzene rings is 1. The summed E-state index contributed by atoms with van der Waals surface area (Å²) in [5.74, 6) is 1.41. The zero-order valence-electron chi connectivity index (χ0n) is 13.2. The first-order valence-corrected chi connectivity index (χ1v) is 7.59. The third kappa shape index (κ3) is 4.01. The molecule has 120 valence electrons. The normalized spacial score (nSPS) is 18.5. The van der Waals surface area contributed by atoms with Gasteiger partial charge in [-0.3, -0.25) is 4.79 Å². The van der Waals surface area contributed by atoms with Crippen molar-refractivity contribution >= 4 is 12.0 Å². The summed E-state index contributed by atoms with van der Waals surface area (Å²) in [6.45, 7) is 1.30. The highest BCUT2D eigenvalue weighted by molar-refractivity contribution is 5.92. The lowest BCUT2D eigenvalue weighted by molar-refractivity contribution is -0.129. The van der Waals surface area contributed by atoms with Gasteiger partial charge in [-0.15, -0.1) is 0 Å². The maximum absolute atomic E-state index is 12.4. The van der Waals surface area contributed by atoms with Crippen LogP contribution in [0.4, 0.5) is 0 Å². The van der Waals surface area contributed by atoms with Crippen LogP contribution in [-0.4, -0.2) is 44.2 Å². The van der Waals surface area contributed by atoms with Crippen molar-refractivity contribution in [2.45, 2.75) is 25.3 Å². The monoisotopic (exact) mass is 304 g/mol. The molecule has 1 aliphatic heterocycles. The first-order chi connectivity index (χ1) is 10.7. The Hall–Kier alpha value is -2.01. The Morgan fingerprint density at radius 1 is 1.27 bits per heavy atom. The molecule has 22 heavy (non-hydrogen) atoms. The number of ether oxygens (including phenoxy) is 2. The van der Waals surface area contributed by atoms with Crippen LogP contribution in [0.1, 0.15) is 24.8 Å². The van der Waals surface area contributed by atoms with Crippen molar-refractivity contribution in [3.63, 3.8) is 0 Å².